The molecular formula is C16H36N4O. The normalized spacial score (nSPS) is 13.0. The Labute approximate surface area is 131 Å². The second kappa shape index (κ2) is 12.0. The molecule has 1 amide bonds. The Balaban J connectivity index is 4.23. The average molecular weight is 300 g/mol. The van der Waals surface area contributed by atoms with Crippen LogP contribution in [0.25, 0.3) is 0 Å². The molecule has 0 spiro atoms. The summed E-state index contributed by atoms with van der Waals surface area (Å²) in [7, 11) is 8.28. The van der Waals surface area contributed by atoms with Crippen LogP contribution in [-0.4, -0.2) is 81.5 Å². The fourth-order valence-corrected chi connectivity index (χ4v) is 2.16. The lowest BCUT2D eigenvalue weighted by molar-refractivity contribution is -0.131. The first kappa shape index (κ1) is 20.3. The highest BCUT2D eigenvalue weighted by molar-refractivity contribution is 5.76. The van der Waals surface area contributed by atoms with Crippen LogP contribution in [0, 0.1) is 5.92 Å². The van der Waals surface area contributed by atoms with Crippen molar-refractivity contribution in [2.75, 3.05) is 60.9 Å². The Morgan fingerprint density at radius 2 is 1.43 bits per heavy atom. The van der Waals surface area contributed by atoms with E-state index in [1.54, 1.807) is 0 Å². The summed E-state index contributed by atoms with van der Waals surface area (Å²) in [6.45, 7) is 6.54. The Bertz CT molecular complexity index is 255. The Kier molecular flexibility index (Phi) is 11.6. The topological polar surface area (TPSA) is 52.8 Å². The molecular weight excluding hydrogens is 264 g/mol. The van der Waals surface area contributed by atoms with Gasteiger partial charge in [-0.05, 0) is 73.0 Å². The minimum atomic E-state index is 0.285. The Morgan fingerprint density at radius 3 is 1.81 bits per heavy atom. The van der Waals surface area contributed by atoms with Gasteiger partial charge in [-0.1, -0.05) is 6.92 Å². The van der Waals surface area contributed by atoms with Crippen molar-refractivity contribution in [2.45, 2.75) is 32.6 Å². The highest BCUT2D eigenvalue weighted by Gasteiger charge is 2.14. The van der Waals surface area contributed by atoms with E-state index >= 15 is 0 Å². The molecule has 0 aromatic carbocycles. The predicted octanol–water partition coefficient (Wildman–Crippen LogP) is 1.09. The van der Waals surface area contributed by atoms with Crippen molar-refractivity contribution in [1.29, 1.82) is 0 Å². The predicted molar refractivity (Wildman–Crippen MR) is 90.4 cm³/mol. The van der Waals surface area contributed by atoms with Crippen LogP contribution in [0.5, 0.6) is 0 Å². The number of rotatable bonds is 12. The number of nitrogens with two attached hydrogens (primary N) is 1. The van der Waals surface area contributed by atoms with E-state index in [4.69, 9.17) is 5.73 Å². The molecule has 1 unspecified atom stereocenters. The van der Waals surface area contributed by atoms with Gasteiger partial charge in [-0.15, -0.1) is 0 Å². The maximum atomic E-state index is 12.4. The first-order chi connectivity index (χ1) is 9.86. The Morgan fingerprint density at radius 1 is 0.952 bits per heavy atom. The van der Waals surface area contributed by atoms with Crippen LogP contribution in [-0.2, 0) is 4.79 Å². The molecule has 0 aromatic heterocycles. The van der Waals surface area contributed by atoms with E-state index in [1.165, 1.54) is 0 Å². The van der Waals surface area contributed by atoms with E-state index in [0.29, 0.717) is 18.9 Å². The highest BCUT2D eigenvalue weighted by atomic mass is 16.2. The molecule has 0 fully saturated rings. The lowest BCUT2D eigenvalue weighted by Gasteiger charge is -2.25. The molecule has 0 heterocycles. The third-order valence-electron chi connectivity index (χ3n) is 3.67. The second-order valence-corrected chi connectivity index (χ2v) is 6.57. The summed E-state index contributed by atoms with van der Waals surface area (Å²) < 4.78 is 0. The fourth-order valence-electron chi connectivity index (χ4n) is 2.16. The standard InChI is InChI=1S/C16H36N4O/c1-15(14-17)8-9-16(21)20(12-6-10-18(2)3)13-7-11-19(4)5/h15H,6-14,17H2,1-5H3. The van der Waals surface area contributed by atoms with Crippen molar-refractivity contribution < 1.29 is 4.79 Å². The van der Waals surface area contributed by atoms with Gasteiger partial charge in [-0.3, -0.25) is 4.79 Å². The van der Waals surface area contributed by atoms with Crippen LogP contribution in [0.15, 0.2) is 0 Å². The van der Waals surface area contributed by atoms with Gasteiger partial charge < -0.3 is 20.4 Å². The molecule has 21 heavy (non-hydrogen) atoms. The maximum Gasteiger partial charge on any atom is 0.222 e. The van der Waals surface area contributed by atoms with Gasteiger partial charge in [0, 0.05) is 19.5 Å². The van der Waals surface area contributed by atoms with Crippen LogP contribution in [0.2, 0.25) is 0 Å². The zero-order valence-corrected chi connectivity index (χ0v) is 14.8. The quantitative estimate of drug-likeness (QED) is 0.586. The van der Waals surface area contributed by atoms with Crippen LogP contribution in [0.3, 0.4) is 0 Å². The largest absolute Gasteiger partial charge is 0.343 e. The number of carbonyl (C=O) groups is 1. The number of nitrogens with zero attached hydrogens (tertiary/aromatic N) is 3. The fraction of sp³-hybridized carbons (Fsp3) is 0.938. The summed E-state index contributed by atoms with van der Waals surface area (Å²) in [5.74, 6) is 0.715. The van der Waals surface area contributed by atoms with Crippen molar-refractivity contribution in [2.24, 2.45) is 11.7 Å². The summed E-state index contributed by atoms with van der Waals surface area (Å²) in [4.78, 5) is 18.7. The number of hydrogen-bond acceptors (Lipinski definition) is 4. The van der Waals surface area contributed by atoms with Gasteiger partial charge in [0.05, 0.1) is 0 Å². The molecule has 2 N–H and O–H groups in total. The van der Waals surface area contributed by atoms with E-state index < -0.39 is 0 Å². The molecule has 0 aliphatic heterocycles. The van der Waals surface area contributed by atoms with Crippen molar-refractivity contribution in [3.63, 3.8) is 0 Å². The van der Waals surface area contributed by atoms with Crippen LogP contribution in [0.4, 0.5) is 0 Å². The van der Waals surface area contributed by atoms with Gasteiger partial charge in [0.15, 0.2) is 0 Å². The summed E-state index contributed by atoms with van der Waals surface area (Å²) >= 11 is 0. The lowest BCUT2D eigenvalue weighted by atomic mass is 10.1. The third-order valence-corrected chi connectivity index (χ3v) is 3.67. The van der Waals surface area contributed by atoms with Crippen molar-refractivity contribution in [3.05, 3.63) is 0 Å². The minimum absolute atomic E-state index is 0.285. The van der Waals surface area contributed by atoms with Crippen molar-refractivity contribution in [1.82, 2.24) is 14.7 Å². The molecule has 5 nitrogen and oxygen atoms in total. The van der Waals surface area contributed by atoms with Gasteiger partial charge in [0.2, 0.25) is 5.91 Å². The number of hydrogen-bond donors (Lipinski definition) is 1. The van der Waals surface area contributed by atoms with Crippen LogP contribution < -0.4 is 5.73 Å². The third kappa shape index (κ3) is 11.7. The van der Waals surface area contributed by atoms with E-state index in [-0.39, 0.29) is 5.91 Å². The van der Waals surface area contributed by atoms with Gasteiger partial charge in [-0.25, -0.2) is 0 Å². The van der Waals surface area contributed by atoms with E-state index in [1.807, 2.05) is 4.90 Å². The number of amides is 1. The van der Waals surface area contributed by atoms with E-state index in [0.717, 1.165) is 45.4 Å². The average Bonchev–Trinajstić information content (AvgIpc) is 2.41. The second-order valence-electron chi connectivity index (χ2n) is 6.57. The van der Waals surface area contributed by atoms with E-state index in [9.17, 15) is 4.79 Å². The smallest absolute Gasteiger partial charge is 0.222 e. The van der Waals surface area contributed by atoms with Gasteiger partial charge in [0.1, 0.15) is 0 Å². The maximum absolute atomic E-state index is 12.4. The highest BCUT2D eigenvalue weighted by Crippen LogP contribution is 2.07. The molecule has 0 radical (unpaired) electrons. The SMILES string of the molecule is CC(CN)CCC(=O)N(CCCN(C)C)CCCN(C)C. The molecule has 0 bridgehead atoms. The van der Waals surface area contributed by atoms with Gasteiger partial charge in [0.25, 0.3) is 0 Å². The molecule has 0 aliphatic rings. The molecule has 0 aliphatic carbocycles. The first-order valence-corrected chi connectivity index (χ1v) is 8.14. The monoisotopic (exact) mass is 300 g/mol. The summed E-state index contributed by atoms with van der Waals surface area (Å²) in [5, 5.41) is 0. The first-order valence-electron chi connectivity index (χ1n) is 8.14. The molecule has 1 atom stereocenters. The lowest BCUT2D eigenvalue weighted by Crippen LogP contribution is -2.35. The van der Waals surface area contributed by atoms with Gasteiger partial charge >= 0.3 is 0 Å². The minimum Gasteiger partial charge on any atom is -0.343 e. The molecule has 5 heteroatoms. The summed E-state index contributed by atoms with van der Waals surface area (Å²) in [6.07, 6.45) is 3.59. The van der Waals surface area contributed by atoms with E-state index in [2.05, 4.69) is 44.9 Å². The molecule has 0 saturated heterocycles. The van der Waals surface area contributed by atoms with Crippen molar-refractivity contribution >= 4 is 5.91 Å². The van der Waals surface area contributed by atoms with Gasteiger partial charge in [-0.2, -0.15) is 0 Å². The van der Waals surface area contributed by atoms with Crippen LogP contribution in [0.1, 0.15) is 32.6 Å². The van der Waals surface area contributed by atoms with Crippen LogP contribution >= 0.6 is 0 Å². The zero-order valence-electron chi connectivity index (χ0n) is 14.8. The molecule has 0 aromatic rings. The summed E-state index contributed by atoms with van der Waals surface area (Å²) in [5.41, 5.74) is 5.63. The molecule has 126 valence electrons. The summed E-state index contributed by atoms with van der Waals surface area (Å²) in [6, 6.07) is 0. The zero-order chi connectivity index (χ0) is 16.3. The number of carbonyl (C=O) groups excluding carboxylic acids is 1. The molecule has 0 saturated carbocycles. The Hall–Kier alpha value is -0.650. The van der Waals surface area contributed by atoms with Crippen molar-refractivity contribution in [3.8, 4) is 0 Å². The molecule has 0 rings (SSSR count).